The van der Waals surface area contributed by atoms with Crippen LogP contribution in [0.15, 0.2) is 0 Å². The van der Waals surface area contributed by atoms with E-state index in [9.17, 15) is 0 Å². The molecule has 0 saturated carbocycles. The summed E-state index contributed by atoms with van der Waals surface area (Å²) in [6, 6.07) is 0. The van der Waals surface area contributed by atoms with Crippen LogP contribution in [0.3, 0.4) is 0 Å². The Hall–Kier alpha value is 0.130. The van der Waals surface area contributed by atoms with Gasteiger partial charge in [0.2, 0.25) is 0 Å². The molecule has 54 valence electrons. The van der Waals surface area contributed by atoms with Crippen LogP contribution in [-0.2, 0) is 0 Å². The van der Waals surface area contributed by atoms with Crippen molar-refractivity contribution in [3.8, 4) is 0 Å². The van der Waals surface area contributed by atoms with Crippen molar-refractivity contribution in [2.45, 2.75) is 45.2 Å². The first kappa shape index (κ1) is 10.1. The van der Waals surface area contributed by atoms with E-state index >= 15 is 0 Å². The van der Waals surface area contributed by atoms with Crippen LogP contribution in [0.25, 0.3) is 0 Å². The lowest BCUT2D eigenvalue weighted by atomic mass is 9.55. The number of rotatable bonds is 3. The first-order valence-corrected chi connectivity index (χ1v) is 3.96. The van der Waals surface area contributed by atoms with E-state index in [1.165, 1.54) is 0 Å². The van der Waals surface area contributed by atoms with E-state index < -0.39 is 0 Å². The molecule has 0 bridgehead atoms. The van der Waals surface area contributed by atoms with Gasteiger partial charge in [0.1, 0.15) is 0 Å². The molecule has 0 saturated heterocycles. The summed E-state index contributed by atoms with van der Waals surface area (Å²) in [5.74, 6) is 0.576. The van der Waals surface area contributed by atoms with Crippen molar-refractivity contribution in [2.75, 3.05) is 0 Å². The van der Waals surface area contributed by atoms with E-state index in [2.05, 4.69) is 20.8 Å². The van der Waals surface area contributed by atoms with E-state index in [0.717, 1.165) is 6.42 Å². The van der Waals surface area contributed by atoms with Gasteiger partial charge in [-0.25, -0.2) is 0 Å². The maximum atomic E-state index is 5.98. The summed E-state index contributed by atoms with van der Waals surface area (Å²) in [5, 5.41) is -0.103. The van der Waals surface area contributed by atoms with Gasteiger partial charge >= 0.3 is 0 Å². The van der Waals surface area contributed by atoms with Crippen LogP contribution in [0.4, 0.5) is 0 Å². The van der Waals surface area contributed by atoms with E-state index in [4.69, 9.17) is 15.7 Å². The molecule has 3 atom stereocenters. The third-order valence-corrected chi connectivity index (χ3v) is 2.59. The van der Waals surface area contributed by atoms with Crippen LogP contribution in [0.2, 0.25) is 11.1 Å². The monoisotopic (exact) mass is 134 g/mol. The quantitative estimate of drug-likeness (QED) is 0.519. The molecule has 0 aliphatic carbocycles. The van der Waals surface area contributed by atoms with Gasteiger partial charge in [-0.05, 0) is 0 Å². The Labute approximate surface area is 67.6 Å². The fourth-order valence-corrected chi connectivity index (χ4v) is 0.923. The van der Waals surface area contributed by atoms with Crippen LogP contribution < -0.4 is 0 Å². The van der Waals surface area contributed by atoms with Crippen LogP contribution in [0.5, 0.6) is 0 Å². The van der Waals surface area contributed by atoms with Crippen molar-refractivity contribution < 1.29 is 0 Å². The zero-order valence-corrected chi connectivity index (χ0v) is 7.52. The molecule has 0 amide bonds. The maximum absolute atomic E-state index is 5.98. The minimum absolute atomic E-state index is 0.103. The lowest BCUT2D eigenvalue weighted by Gasteiger charge is -2.34. The van der Waals surface area contributed by atoms with Crippen LogP contribution in [0.1, 0.15) is 34.1 Å². The van der Waals surface area contributed by atoms with Gasteiger partial charge in [0, 0.05) is 0 Å². The summed E-state index contributed by atoms with van der Waals surface area (Å²) in [6.45, 7) is 8.26. The fraction of sp³-hybridized carbons (Fsp3) is 1.00. The molecule has 0 heterocycles. The Morgan fingerprint density at radius 3 is 1.90 bits per heavy atom. The van der Waals surface area contributed by atoms with Crippen molar-refractivity contribution in [3.05, 3.63) is 0 Å². The number of hydrogen-bond donors (Lipinski definition) is 0. The third-order valence-electron chi connectivity index (χ3n) is 2.59. The second kappa shape index (κ2) is 3.50. The van der Waals surface area contributed by atoms with Crippen molar-refractivity contribution in [3.63, 3.8) is 0 Å². The molecular formula is C8H16B2. The molecule has 0 N–H and O–H groups in total. The normalized spacial score (nSPS) is 23.2. The molecule has 0 aromatic heterocycles. The Bertz CT molecular complexity index is 97.4. The average molecular weight is 134 g/mol. The zero-order chi connectivity index (χ0) is 8.36. The summed E-state index contributed by atoms with van der Waals surface area (Å²) in [5.41, 5.74) is 0. The van der Waals surface area contributed by atoms with Crippen molar-refractivity contribution in [1.82, 2.24) is 0 Å². The lowest BCUT2D eigenvalue weighted by Crippen LogP contribution is -2.20. The first-order valence-electron chi connectivity index (χ1n) is 3.96. The molecular weight excluding hydrogens is 118 g/mol. The summed E-state index contributed by atoms with van der Waals surface area (Å²) in [6.07, 6.45) is 0.982. The minimum atomic E-state index is -0.103. The van der Waals surface area contributed by atoms with Gasteiger partial charge in [0.05, 0.1) is 15.7 Å². The first-order chi connectivity index (χ1) is 4.41. The van der Waals surface area contributed by atoms with Gasteiger partial charge in [-0.2, -0.15) is 0 Å². The summed E-state index contributed by atoms with van der Waals surface area (Å²) in [7, 11) is 11.7. The molecule has 0 aromatic carbocycles. The molecule has 0 nitrogen and oxygen atoms in total. The smallest absolute Gasteiger partial charge is 0.0745 e. The van der Waals surface area contributed by atoms with Gasteiger partial charge in [0.15, 0.2) is 0 Å². The van der Waals surface area contributed by atoms with Gasteiger partial charge in [0.25, 0.3) is 0 Å². The van der Waals surface area contributed by atoms with Gasteiger partial charge in [-0.3, -0.25) is 0 Å². The molecule has 4 radical (unpaired) electrons. The second-order valence-electron chi connectivity index (χ2n) is 3.51. The van der Waals surface area contributed by atoms with E-state index in [-0.39, 0.29) is 11.1 Å². The molecule has 0 aromatic rings. The lowest BCUT2D eigenvalue weighted by molar-refractivity contribution is 0.389. The highest BCUT2D eigenvalue weighted by Crippen LogP contribution is 2.40. The van der Waals surface area contributed by atoms with Crippen LogP contribution >= 0.6 is 0 Å². The van der Waals surface area contributed by atoms with E-state index in [1.54, 1.807) is 0 Å². The second-order valence-corrected chi connectivity index (χ2v) is 3.51. The molecule has 2 unspecified atom stereocenters. The largest absolute Gasteiger partial charge is 0.0778 e. The average Bonchev–Trinajstić information content (AvgIpc) is 1.86. The van der Waals surface area contributed by atoms with E-state index in [0.29, 0.717) is 5.92 Å². The highest BCUT2D eigenvalue weighted by atomic mass is 14.2. The van der Waals surface area contributed by atoms with Gasteiger partial charge in [-0.15, -0.1) is 0 Å². The third kappa shape index (κ3) is 2.40. The topological polar surface area (TPSA) is 0 Å². The molecule has 2 heteroatoms. The Morgan fingerprint density at radius 2 is 1.80 bits per heavy atom. The molecule has 0 aliphatic heterocycles. The predicted molar refractivity (Wildman–Crippen MR) is 48.8 cm³/mol. The van der Waals surface area contributed by atoms with Crippen molar-refractivity contribution in [1.29, 1.82) is 0 Å². The molecule has 0 rings (SSSR count). The molecule has 0 fully saturated rings. The molecule has 0 aliphatic rings. The van der Waals surface area contributed by atoms with Crippen LogP contribution in [0, 0.1) is 5.92 Å². The molecule has 0 spiro atoms. The van der Waals surface area contributed by atoms with Crippen molar-refractivity contribution >= 4 is 15.7 Å². The van der Waals surface area contributed by atoms with E-state index in [1.807, 2.05) is 6.92 Å². The highest BCUT2D eigenvalue weighted by molar-refractivity contribution is 6.17. The Morgan fingerprint density at radius 1 is 1.40 bits per heavy atom. The Kier molecular flexibility index (Phi) is 3.55. The standard InChI is InChI=1S/C8H16B2/c1-5-8(4,10)6(2)7(3)9/h6-7H,5H2,1-4H3/t6?,7-,8?/m1/s1. The minimum Gasteiger partial charge on any atom is -0.0778 e. The predicted octanol–water partition coefficient (Wildman–Crippen LogP) is 2.36. The van der Waals surface area contributed by atoms with Gasteiger partial charge < -0.3 is 0 Å². The molecule has 10 heavy (non-hydrogen) atoms. The van der Waals surface area contributed by atoms with Gasteiger partial charge in [-0.1, -0.05) is 51.2 Å². The Balaban J connectivity index is 4.03. The zero-order valence-electron chi connectivity index (χ0n) is 7.52. The van der Waals surface area contributed by atoms with Crippen molar-refractivity contribution in [2.24, 2.45) is 5.92 Å². The highest BCUT2D eigenvalue weighted by Gasteiger charge is 2.24. The maximum Gasteiger partial charge on any atom is 0.0745 e. The number of hydrogen-bond acceptors (Lipinski definition) is 0. The summed E-state index contributed by atoms with van der Waals surface area (Å²) >= 11 is 0. The SMILES string of the molecule is [B][C@H](C)C(C)C([B])(C)CC. The van der Waals surface area contributed by atoms with Crippen LogP contribution in [-0.4, -0.2) is 15.7 Å². The fourth-order valence-electron chi connectivity index (χ4n) is 0.923. The summed E-state index contributed by atoms with van der Waals surface area (Å²) < 4.78 is 0. The summed E-state index contributed by atoms with van der Waals surface area (Å²) in [4.78, 5) is 0.